The van der Waals surface area contributed by atoms with Crippen LogP contribution in [0.4, 0.5) is 0 Å². The maximum absolute atomic E-state index is 12.2. The average molecular weight is 340 g/mol. The summed E-state index contributed by atoms with van der Waals surface area (Å²) >= 11 is 11.8. The van der Waals surface area contributed by atoms with E-state index in [1.54, 1.807) is 6.07 Å². The molecule has 1 unspecified atom stereocenters. The molecule has 0 spiro atoms. The van der Waals surface area contributed by atoms with Gasteiger partial charge in [-0.2, -0.15) is 0 Å². The van der Waals surface area contributed by atoms with Gasteiger partial charge in [0.15, 0.2) is 9.84 Å². The van der Waals surface area contributed by atoms with Gasteiger partial charge in [0.1, 0.15) is 4.90 Å². The SMILES string of the molecule is CC(C)CNCC(O)CS(=O)(=O)c1c(Cl)cccc1Cl. The second-order valence-electron chi connectivity index (χ2n) is 5.04. The van der Waals surface area contributed by atoms with E-state index in [1.165, 1.54) is 12.1 Å². The maximum Gasteiger partial charge on any atom is 0.183 e. The van der Waals surface area contributed by atoms with Gasteiger partial charge in [0.25, 0.3) is 0 Å². The predicted molar refractivity (Wildman–Crippen MR) is 82.2 cm³/mol. The van der Waals surface area contributed by atoms with Gasteiger partial charge in [0.2, 0.25) is 0 Å². The number of aliphatic hydroxyl groups is 1. The number of halogens is 2. The molecular formula is C13H19Cl2NO3S. The summed E-state index contributed by atoms with van der Waals surface area (Å²) in [5.74, 6) is 0.0125. The summed E-state index contributed by atoms with van der Waals surface area (Å²) in [5.41, 5.74) is 0. The van der Waals surface area contributed by atoms with E-state index in [4.69, 9.17) is 23.2 Å². The fraction of sp³-hybridized carbons (Fsp3) is 0.538. The largest absolute Gasteiger partial charge is 0.391 e. The van der Waals surface area contributed by atoms with E-state index in [1.807, 2.05) is 13.8 Å². The van der Waals surface area contributed by atoms with Gasteiger partial charge in [-0.15, -0.1) is 0 Å². The fourth-order valence-corrected chi connectivity index (χ4v) is 4.34. The number of sulfone groups is 1. The van der Waals surface area contributed by atoms with Crippen LogP contribution in [-0.4, -0.2) is 38.5 Å². The lowest BCUT2D eigenvalue weighted by molar-refractivity contribution is 0.192. The maximum atomic E-state index is 12.2. The Balaban J connectivity index is 2.75. The van der Waals surface area contributed by atoms with Crippen LogP contribution in [0, 0.1) is 5.92 Å². The van der Waals surface area contributed by atoms with Crippen LogP contribution in [-0.2, 0) is 9.84 Å². The molecule has 0 aromatic heterocycles. The van der Waals surface area contributed by atoms with Gasteiger partial charge in [-0.05, 0) is 24.6 Å². The highest BCUT2D eigenvalue weighted by Gasteiger charge is 2.24. The first kappa shape index (κ1) is 17.7. The topological polar surface area (TPSA) is 66.4 Å². The molecule has 0 heterocycles. The molecule has 0 saturated heterocycles. The molecule has 0 saturated carbocycles. The highest BCUT2D eigenvalue weighted by atomic mass is 35.5. The Kier molecular flexibility index (Phi) is 6.75. The van der Waals surface area contributed by atoms with E-state index < -0.39 is 21.7 Å². The Morgan fingerprint density at radius 3 is 2.25 bits per heavy atom. The molecule has 0 fully saturated rings. The van der Waals surface area contributed by atoms with Crippen LogP contribution in [0.1, 0.15) is 13.8 Å². The number of rotatable bonds is 7. The highest BCUT2D eigenvalue weighted by molar-refractivity contribution is 7.91. The van der Waals surface area contributed by atoms with E-state index in [9.17, 15) is 13.5 Å². The van der Waals surface area contributed by atoms with Gasteiger partial charge >= 0.3 is 0 Å². The monoisotopic (exact) mass is 339 g/mol. The lowest BCUT2D eigenvalue weighted by atomic mass is 10.2. The third-order valence-electron chi connectivity index (χ3n) is 2.57. The quantitative estimate of drug-likeness (QED) is 0.800. The molecule has 0 aliphatic rings. The van der Waals surface area contributed by atoms with Crippen molar-refractivity contribution in [3.05, 3.63) is 28.2 Å². The minimum Gasteiger partial charge on any atom is -0.391 e. The lowest BCUT2D eigenvalue weighted by Gasteiger charge is -2.14. The van der Waals surface area contributed by atoms with Gasteiger partial charge in [-0.25, -0.2) is 8.42 Å². The molecule has 4 nitrogen and oxygen atoms in total. The van der Waals surface area contributed by atoms with Crippen molar-refractivity contribution in [1.82, 2.24) is 5.32 Å². The zero-order valence-electron chi connectivity index (χ0n) is 11.4. The Labute approximate surface area is 130 Å². The third-order valence-corrected chi connectivity index (χ3v) is 5.31. The van der Waals surface area contributed by atoms with Crippen molar-refractivity contribution in [2.24, 2.45) is 5.92 Å². The second kappa shape index (κ2) is 7.61. The Morgan fingerprint density at radius 2 is 1.75 bits per heavy atom. The van der Waals surface area contributed by atoms with Gasteiger partial charge in [-0.1, -0.05) is 43.1 Å². The zero-order chi connectivity index (χ0) is 15.3. The number of nitrogens with one attached hydrogen (secondary N) is 1. The van der Waals surface area contributed by atoms with Crippen molar-refractivity contribution in [3.63, 3.8) is 0 Å². The van der Waals surface area contributed by atoms with Crippen LogP contribution >= 0.6 is 23.2 Å². The van der Waals surface area contributed by atoms with E-state index in [0.29, 0.717) is 12.5 Å². The van der Waals surface area contributed by atoms with Crippen LogP contribution in [0.15, 0.2) is 23.1 Å². The number of hydrogen-bond acceptors (Lipinski definition) is 4. The van der Waals surface area contributed by atoms with E-state index >= 15 is 0 Å². The number of benzene rings is 1. The van der Waals surface area contributed by atoms with Crippen LogP contribution in [0.25, 0.3) is 0 Å². The summed E-state index contributed by atoms with van der Waals surface area (Å²) in [4.78, 5) is -0.119. The molecule has 2 N–H and O–H groups in total. The first-order chi connectivity index (χ1) is 9.24. The van der Waals surface area contributed by atoms with Crippen LogP contribution < -0.4 is 5.32 Å². The second-order valence-corrected chi connectivity index (χ2v) is 7.82. The van der Waals surface area contributed by atoms with Crippen molar-refractivity contribution in [2.45, 2.75) is 24.8 Å². The van der Waals surface area contributed by atoms with Crippen molar-refractivity contribution >= 4 is 33.0 Å². The summed E-state index contributed by atoms with van der Waals surface area (Å²) in [6.45, 7) is 4.97. The molecule has 0 aliphatic carbocycles. The third kappa shape index (κ3) is 5.22. The minimum atomic E-state index is -3.73. The molecule has 1 rings (SSSR count). The molecule has 1 aromatic carbocycles. The normalized spacial score (nSPS) is 13.7. The van der Waals surface area contributed by atoms with Crippen molar-refractivity contribution in [3.8, 4) is 0 Å². The minimum absolute atomic E-state index is 0.0693. The van der Waals surface area contributed by atoms with Crippen LogP contribution in [0.3, 0.4) is 0 Å². The Bertz CT molecular complexity index is 526. The molecular weight excluding hydrogens is 321 g/mol. The lowest BCUT2D eigenvalue weighted by Crippen LogP contribution is -2.34. The van der Waals surface area contributed by atoms with Crippen molar-refractivity contribution in [1.29, 1.82) is 0 Å². The van der Waals surface area contributed by atoms with Crippen LogP contribution in [0.5, 0.6) is 0 Å². The molecule has 20 heavy (non-hydrogen) atoms. The molecule has 0 bridgehead atoms. The molecule has 114 valence electrons. The van der Waals surface area contributed by atoms with Gasteiger partial charge in [0.05, 0.1) is 21.9 Å². The van der Waals surface area contributed by atoms with Crippen molar-refractivity contribution < 1.29 is 13.5 Å². The molecule has 0 aliphatic heterocycles. The molecule has 0 amide bonds. The fourth-order valence-electron chi connectivity index (χ4n) is 1.71. The molecule has 1 atom stereocenters. The first-order valence-corrected chi connectivity index (χ1v) is 8.70. The van der Waals surface area contributed by atoms with E-state index in [-0.39, 0.29) is 21.5 Å². The summed E-state index contributed by atoms with van der Waals surface area (Å²) in [6, 6.07) is 4.50. The standard InChI is InChI=1S/C13H19Cl2NO3S/c1-9(2)6-16-7-10(17)8-20(18,19)13-11(14)4-3-5-12(13)15/h3-5,9-10,16-17H,6-8H2,1-2H3. The Morgan fingerprint density at radius 1 is 1.20 bits per heavy atom. The first-order valence-electron chi connectivity index (χ1n) is 6.29. The van der Waals surface area contributed by atoms with Gasteiger partial charge in [0, 0.05) is 6.54 Å². The summed E-state index contributed by atoms with van der Waals surface area (Å²) < 4.78 is 24.4. The summed E-state index contributed by atoms with van der Waals surface area (Å²) in [6.07, 6.45) is -1.01. The molecule has 1 aromatic rings. The Hall–Kier alpha value is -0.330. The molecule has 0 radical (unpaired) electrons. The molecule has 7 heteroatoms. The number of hydrogen-bond donors (Lipinski definition) is 2. The predicted octanol–water partition coefficient (Wildman–Crippen LogP) is 2.37. The van der Waals surface area contributed by atoms with Crippen molar-refractivity contribution in [2.75, 3.05) is 18.8 Å². The van der Waals surface area contributed by atoms with E-state index in [2.05, 4.69) is 5.32 Å². The average Bonchev–Trinajstić information content (AvgIpc) is 2.26. The van der Waals surface area contributed by atoms with Crippen LogP contribution in [0.2, 0.25) is 10.0 Å². The smallest absolute Gasteiger partial charge is 0.183 e. The van der Waals surface area contributed by atoms with Gasteiger partial charge in [-0.3, -0.25) is 0 Å². The van der Waals surface area contributed by atoms with E-state index in [0.717, 1.165) is 0 Å². The van der Waals surface area contributed by atoms with Gasteiger partial charge < -0.3 is 10.4 Å². The summed E-state index contributed by atoms with van der Waals surface area (Å²) in [7, 11) is -3.73. The zero-order valence-corrected chi connectivity index (χ0v) is 13.8. The highest BCUT2D eigenvalue weighted by Crippen LogP contribution is 2.30. The summed E-state index contributed by atoms with van der Waals surface area (Å²) in [5, 5.41) is 13.0. The number of aliphatic hydroxyl groups excluding tert-OH is 1.